The molecule has 0 saturated heterocycles. The number of hydrogen-bond donors (Lipinski definition) is 0. The highest BCUT2D eigenvalue weighted by Crippen LogP contribution is 2.38. The molecule has 0 aliphatic carbocycles. The lowest BCUT2D eigenvalue weighted by atomic mass is 9.93. The van der Waals surface area contributed by atoms with Crippen LogP contribution in [-0.2, 0) is 11.2 Å². The molecule has 2 heterocycles. The molecule has 0 saturated carbocycles. The van der Waals surface area contributed by atoms with Gasteiger partial charge in [-0.25, -0.2) is 0 Å². The molecule has 1 aliphatic rings. The van der Waals surface area contributed by atoms with Crippen LogP contribution < -0.4 is 9.47 Å². The SMILES string of the molecule is COc1cccc(/C=C/C(=O)N2CCc3sccc3C2c2ccccc2)c1OC. The zero-order valence-electron chi connectivity index (χ0n) is 16.5. The van der Waals surface area contributed by atoms with E-state index in [9.17, 15) is 4.79 Å². The van der Waals surface area contributed by atoms with Gasteiger partial charge in [0.1, 0.15) is 0 Å². The Morgan fingerprint density at radius 1 is 1.07 bits per heavy atom. The minimum Gasteiger partial charge on any atom is -0.493 e. The van der Waals surface area contributed by atoms with Gasteiger partial charge in [-0.05, 0) is 41.1 Å². The average molecular weight is 406 g/mol. The van der Waals surface area contributed by atoms with Crippen molar-refractivity contribution in [1.82, 2.24) is 4.90 Å². The number of carbonyl (C=O) groups excluding carboxylic acids is 1. The van der Waals surface area contributed by atoms with Crippen LogP contribution in [0.3, 0.4) is 0 Å². The largest absolute Gasteiger partial charge is 0.493 e. The van der Waals surface area contributed by atoms with Gasteiger partial charge < -0.3 is 14.4 Å². The van der Waals surface area contributed by atoms with Crippen LogP contribution in [0.25, 0.3) is 6.08 Å². The summed E-state index contributed by atoms with van der Waals surface area (Å²) in [5, 5.41) is 2.12. The van der Waals surface area contributed by atoms with Crippen LogP contribution in [0.2, 0.25) is 0 Å². The monoisotopic (exact) mass is 405 g/mol. The highest BCUT2D eigenvalue weighted by molar-refractivity contribution is 7.10. The summed E-state index contributed by atoms with van der Waals surface area (Å²) in [7, 11) is 3.21. The van der Waals surface area contributed by atoms with Crippen molar-refractivity contribution in [3.63, 3.8) is 0 Å². The van der Waals surface area contributed by atoms with Gasteiger partial charge in [-0.3, -0.25) is 4.79 Å². The van der Waals surface area contributed by atoms with Crippen molar-refractivity contribution in [3.8, 4) is 11.5 Å². The Bertz CT molecular complexity index is 1030. The van der Waals surface area contributed by atoms with Gasteiger partial charge in [0.25, 0.3) is 0 Å². The molecule has 4 nitrogen and oxygen atoms in total. The molecule has 2 aromatic carbocycles. The Morgan fingerprint density at radius 3 is 2.66 bits per heavy atom. The lowest BCUT2D eigenvalue weighted by molar-refractivity contribution is -0.127. The summed E-state index contributed by atoms with van der Waals surface area (Å²) in [5.41, 5.74) is 3.17. The van der Waals surface area contributed by atoms with Crippen LogP contribution in [0.1, 0.15) is 27.6 Å². The van der Waals surface area contributed by atoms with Crippen molar-refractivity contribution in [3.05, 3.63) is 87.6 Å². The molecule has 0 spiro atoms. The van der Waals surface area contributed by atoms with E-state index >= 15 is 0 Å². The fourth-order valence-corrected chi connectivity index (χ4v) is 4.75. The fourth-order valence-electron chi connectivity index (χ4n) is 3.85. The van der Waals surface area contributed by atoms with Crippen molar-refractivity contribution >= 4 is 23.3 Å². The van der Waals surface area contributed by atoms with Crippen molar-refractivity contribution in [1.29, 1.82) is 0 Å². The second-order valence-corrected chi connectivity index (χ2v) is 7.81. The third-order valence-corrected chi connectivity index (χ3v) is 6.20. The molecule has 3 aromatic rings. The van der Waals surface area contributed by atoms with E-state index in [0.717, 1.165) is 17.5 Å². The normalized spacial score (nSPS) is 15.9. The average Bonchev–Trinajstić information content (AvgIpc) is 3.25. The predicted molar refractivity (Wildman–Crippen MR) is 117 cm³/mol. The van der Waals surface area contributed by atoms with E-state index in [-0.39, 0.29) is 11.9 Å². The summed E-state index contributed by atoms with van der Waals surface area (Å²) in [4.78, 5) is 16.5. The van der Waals surface area contributed by atoms with Crippen LogP contribution in [0.15, 0.2) is 66.1 Å². The zero-order chi connectivity index (χ0) is 20.2. The molecule has 0 fully saturated rings. The minimum absolute atomic E-state index is 0.0134. The van der Waals surface area contributed by atoms with Crippen molar-refractivity contribution in [2.75, 3.05) is 20.8 Å². The van der Waals surface area contributed by atoms with E-state index in [1.165, 1.54) is 10.4 Å². The molecule has 0 bridgehead atoms. The number of carbonyl (C=O) groups is 1. The molecule has 1 unspecified atom stereocenters. The fraction of sp³-hybridized carbons (Fsp3) is 0.208. The summed E-state index contributed by atoms with van der Waals surface area (Å²) in [6, 6.07) is 17.9. The number of methoxy groups -OCH3 is 2. The van der Waals surface area contributed by atoms with Gasteiger partial charge in [0, 0.05) is 23.1 Å². The summed E-state index contributed by atoms with van der Waals surface area (Å²) < 4.78 is 10.8. The molecule has 1 aliphatic heterocycles. The second-order valence-electron chi connectivity index (χ2n) is 6.81. The first kappa shape index (κ1) is 19.3. The van der Waals surface area contributed by atoms with E-state index in [1.807, 2.05) is 41.3 Å². The maximum absolute atomic E-state index is 13.2. The van der Waals surface area contributed by atoms with Gasteiger partial charge in [0.15, 0.2) is 11.5 Å². The van der Waals surface area contributed by atoms with Crippen LogP contribution in [0.5, 0.6) is 11.5 Å². The number of fused-ring (bicyclic) bond motifs is 1. The number of benzene rings is 2. The molecule has 4 rings (SSSR count). The first-order chi connectivity index (χ1) is 14.2. The summed E-state index contributed by atoms with van der Waals surface area (Å²) in [6.45, 7) is 0.700. The Balaban J connectivity index is 1.65. The maximum atomic E-state index is 13.2. The summed E-state index contributed by atoms with van der Waals surface area (Å²) in [5.74, 6) is 1.25. The van der Waals surface area contributed by atoms with Crippen molar-refractivity contribution in [2.45, 2.75) is 12.5 Å². The number of thiophene rings is 1. The van der Waals surface area contributed by atoms with Gasteiger partial charge in [0.05, 0.1) is 20.3 Å². The molecule has 1 aromatic heterocycles. The number of ether oxygens (including phenoxy) is 2. The standard InChI is InChI=1S/C24H23NO3S/c1-27-20-10-6-9-18(24(20)28-2)11-12-22(26)25-15-13-21-19(14-16-29-21)23(25)17-7-4-3-5-8-17/h3-12,14,16,23H,13,15H2,1-2H3/b12-11+. The molecule has 1 atom stereocenters. The predicted octanol–water partition coefficient (Wildman–Crippen LogP) is 4.95. The van der Waals surface area contributed by atoms with Crippen molar-refractivity contribution in [2.24, 2.45) is 0 Å². The Morgan fingerprint density at radius 2 is 1.90 bits per heavy atom. The lowest BCUT2D eigenvalue weighted by Crippen LogP contribution is -2.39. The van der Waals surface area contributed by atoms with Gasteiger partial charge in [0.2, 0.25) is 5.91 Å². The Kier molecular flexibility index (Phi) is 5.67. The minimum atomic E-state index is -0.0597. The molecular formula is C24H23NO3S. The zero-order valence-corrected chi connectivity index (χ0v) is 17.3. The number of amides is 1. The smallest absolute Gasteiger partial charge is 0.247 e. The molecule has 148 valence electrons. The van der Waals surface area contributed by atoms with E-state index in [4.69, 9.17) is 9.47 Å². The number of hydrogen-bond acceptors (Lipinski definition) is 4. The molecule has 1 amide bonds. The molecule has 0 radical (unpaired) electrons. The maximum Gasteiger partial charge on any atom is 0.247 e. The van der Waals surface area contributed by atoms with E-state index in [0.29, 0.717) is 18.0 Å². The summed E-state index contributed by atoms with van der Waals surface area (Å²) >= 11 is 1.77. The molecule has 29 heavy (non-hydrogen) atoms. The highest BCUT2D eigenvalue weighted by atomic mass is 32.1. The number of nitrogens with zero attached hydrogens (tertiary/aromatic N) is 1. The summed E-state index contributed by atoms with van der Waals surface area (Å²) in [6.07, 6.45) is 4.32. The second kappa shape index (κ2) is 8.53. The number of rotatable bonds is 5. The van der Waals surface area contributed by atoms with Gasteiger partial charge >= 0.3 is 0 Å². The molecule has 5 heteroatoms. The van der Waals surface area contributed by atoms with Crippen LogP contribution in [-0.4, -0.2) is 31.6 Å². The Hall–Kier alpha value is -3.05. The van der Waals surface area contributed by atoms with Gasteiger partial charge in [-0.1, -0.05) is 42.5 Å². The molecular weight excluding hydrogens is 382 g/mol. The topological polar surface area (TPSA) is 38.8 Å². The highest BCUT2D eigenvalue weighted by Gasteiger charge is 2.31. The quantitative estimate of drug-likeness (QED) is 0.564. The number of para-hydroxylation sites is 1. The van der Waals surface area contributed by atoms with E-state index in [1.54, 1.807) is 37.7 Å². The van der Waals surface area contributed by atoms with E-state index < -0.39 is 0 Å². The van der Waals surface area contributed by atoms with Crippen molar-refractivity contribution < 1.29 is 14.3 Å². The first-order valence-electron chi connectivity index (χ1n) is 9.54. The van der Waals surface area contributed by atoms with Crippen LogP contribution >= 0.6 is 11.3 Å². The van der Waals surface area contributed by atoms with Gasteiger partial charge in [-0.15, -0.1) is 11.3 Å². The lowest BCUT2D eigenvalue weighted by Gasteiger charge is -2.35. The van der Waals surface area contributed by atoms with Crippen LogP contribution in [0.4, 0.5) is 0 Å². The third kappa shape index (κ3) is 3.78. The third-order valence-electron chi connectivity index (χ3n) is 5.20. The van der Waals surface area contributed by atoms with Gasteiger partial charge in [-0.2, -0.15) is 0 Å². The first-order valence-corrected chi connectivity index (χ1v) is 10.4. The van der Waals surface area contributed by atoms with E-state index in [2.05, 4.69) is 23.6 Å². The van der Waals surface area contributed by atoms with Crippen LogP contribution in [0, 0.1) is 0 Å². The molecule has 0 N–H and O–H groups in total. The Labute approximate surface area is 175 Å².